The van der Waals surface area contributed by atoms with Crippen molar-refractivity contribution in [3.05, 3.63) is 36.2 Å². The average Bonchev–Trinajstić information content (AvgIpc) is 2.28. The smallest absolute Gasteiger partial charge is 0.139 e. The zero-order chi connectivity index (χ0) is 12.7. The molecule has 0 bridgehead atoms. The van der Waals surface area contributed by atoms with Gasteiger partial charge in [-0.1, -0.05) is 0 Å². The minimum Gasteiger partial charge on any atom is -0.491 e. The fraction of sp³-hybridized carbons (Fsp3) is 0.385. The number of benzene rings is 1. The topological polar surface area (TPSA) is 44.5 Å². The first-order valence-electron chi connectivity index (χ1n) is 5.56. The minimum atomic E-state index is -0.366. The van der Waals surface area contributed by atoms with Crippen LogP contribution in [0.25, 0.3) is 0 Å². The van der Waals surface area contributed by atoms with Crippen molar-refractivity contribution in [1.29, 1.82) is 0 Å². The first-order valence-corrected chi connectivity index (χ1v) is 5.56. The molecule has 0 fully saturated rings. The fourth-order valence-corrected chi connectivity index (χ4v) is 1.23. The second-order valence-electron chi connectivity index (χ2n) is 3.81. The van der Waals surface area contributed by atoms with Gasteiger partial charge in [-0.2, -0.15) is 0 Å². The number of ether oxygens (including phenoxy) is 2. The molecule has 0 aliphatic carbocycles. The maximum atomic E-state index is 13.0. The molecule has 0 amide bonds. The summed E-state index contributed by atoms with van der Waals surface area (Å²) < 4.78 is 23.7. The zero-order valence-corrected chi connectivity index (χ0v) is 10.2. The summed E-state index contributed by atoms with van der Waals surface area (Å²) in [6.45, 7) is 3.99. The fourth-order valence-electron chi connectivity index (χ4n) is 1.23. The summed E-state index contributed by atoms with van der Waals surface area (Å²) in [5.74, 6) is 1.00. The number of hydrogen-bond donors (Lipinski definition) is 1. The van der Waals surface area contributed by atoms with E-state index < -0.39 is 0 Å². The molecule has 0 unspecified atom stereocenters. The molecule has 0 saturated carbocycles. The molecular formula is C13H18FNO2. The molecule has 0 heterocycles. The van der Waals surface area contributed by atoms with Crippen molar-refractivity contribution in [2.45, 2.75) is 20.0 Å². The highest BCUT2D eigenvalue weighted by Crippen LogP contribution is 2.19. The normalized spacial score (nSPS) is 11.7. The van der Waals surface area contributed by atoms with E-state index in [4.69, 9.17) is 15.2 Å². The van der Waals surface area contributed by atoms with Gasteiger partial charge in [0.05, 0.1) is 6.10 Å². The second-order valence-corrected chi connectivity index (χ2v) is 3.81. The Morgan fingerprint density at radius 2 is 1.88 bits per heavy atom. The Morgan fingerprint density at radius 3 is 2.41 bits per heavy atom. The van der Waals surface area contributed by atoms with Crippen molar-refractivity contribution < 1.29 is 13.9 Å². The van der Waals surface area contributed by atoms with E-state index in [-0.39, 0.29) is 25.1 Å². The van der Waals surface area contributed by atoms with Crippen LogP contribution < -0.4 is 15.2 Å². The molecule has 1 aromatic rings. The van der Waals surface area contributed by atoms with E-state index in [0.29, 0.717) is 5.75 Å². The van der Waals surface area contributed by atoms with Crippen molar-refractivity contribution in [3.8, 4) is 11.5 Å². The van der Waals surface area contributed by atoms with Gasteiger partial charge < -0.3 is 15.2 Å². The largest absolute Gasteiger partial charge is 0.491 e. The van der Waals surface area contributed by atoms with Gasteiger partial charge in [0, 0.05) is 6.54 Å². The third-order valence-electron chi connectivity index (χ3n) is 1.91. The van der Waals surface area contributed by atoms with E-state index in [1.807, 2.05) is 13.8 Å². The van der Waals surface area contributed by atoms with E-state index in [2.05, 4.69) is 0 Å². The van der Waals surface area contributed by atoms with Crippen LogP contribution in [-0.4, -0.2) is 19.3 Å². The molecule has 3 nitrogen and oxygen atoms in total. The van der Waals surface area contributed by atoms with Crippen molar-refractivity contribution in [2.75, 3.05) is 13.2 Å². The molecule has 0 radical (unpaired) electrons. The number of hydrogen-bond acceptors (Lipinski definition) is 3. The predicted octanol–water partition coefficient (Wildman–Crippen LogP) is 2.66. The van der Waals surface area contributed by atoms with Gasteiger partial charge in [-0.3, -0.25) is 0 Å². The van der Waals surface area contributed by atoms with Crippen LogP contribution in [0.5, 0.6) is 11.5 Å². The molecule has 17 heavy (non-hydrogen) atoms. The standard InChI is InChI=1S/C13H18FNO2/c1-10(2)17-13-5-3-12(4-6-13)16-9-11(14)7-8-15/h3-7,10H,8-9,15H2,1-2H3/b11-7+. The Hall–Kier alpha value is -1.55. The van der Waals surface area contributed by atoms with Gasteiger partial charge >= 0.3 is 0 Å². The molecule has 0 saturated heterocycles. The lowest BCUT2D eigenvalue weighted by Gasteiger charge is -2.10. The van der Waals surface area contributed by atoms with Crippen LogP contribution in [0.4, 0.5) is 4.39 Å². The number of halogens is 1. The molecule has 0 aliphatic rings. The maximum absolute atomic E-state index is 13.0. The summed E-state index contributed by atoms with van der Waals surface area (Å²) in [6.07, 6.45) is 1.42. The molecular weight excluding hydrogens is 221 g/mol. The Bertz CT molecular complexity index is 360. The SMILES string of the molecule is CC(C)Oc1ccc(OC/C(F)=C\CN)cc1. The highest BCUT2D eigenvalue weighted by molar-refractivity contribution is 5.31. The monoisotopic (exact) mass is 239 g/mol. The predicted molar refractivity (Wildman–Crippen MR) is 65.9 cm³/mol. The Kier molecular flexibility index (Phi) is 5.49. The number of rotatable bonds is 6. The Balaban J connectivity index is 2.48. The van der Waals surface area contributed by atoms with Crippen LogP contribution in [0.1, 0.15) is 13.8 Å². The van der Waals surface area contributed by atoms with Crippen LogP contribution in [0.15, 0.2) is 36.2 Å². The summed E-state index contributed by atoms with van der Waals surface area (Å²) in [5, 5.41) is 0. The first kappa shape index (κ1) is 13.5. The van der Waals surface area contributed by atoms with E-state index in [0.717, 1.165) is 5.75 Å². The van der Waals surface area contributed by atoms with Gasteiger partial charge in [-0.05, 0) is 44.2 Å². The summed E-state index contributed by atoms with van der Waals surface area (Å²) in [6, 6.07) is 7.07. The molecule has 1 rings (SSSR count). The van der Waals surface area contributed by atoms with Gasteiger partial charge in [-0.15, -0.1) is 0 Å². The van der Waals surface area contributed by atoms with Gasteiger partial charge in [0.25, 0.3) is 0 Å². The summed E-state index contributed by atoms with van der Waals surface area (Å²) in [5.41, 5.74) is 5.18. The van der Waals surface area contributed by atoms with Crippen LogP contribution in [0, 0.1) is 0 Å². The first-order chi connectivity index (χ1) is 8.11. The third kappa shape index (κ3) is 5.36. The lowest BCUT2D eigenvalue weighted by molar-refractivity contribution is 0.241. The third-order valence-corrected chi connectivity index (χ3v) is 1.91. The van der Waals surface area contributed by atoms with Gasteiger partial charge in [0.15, 0.2) is 0 Å². The Morgan fingerprint density at radius 1 is 1.29 bits per heavy atom. The molecule has 0 atom stereocenters. The average molecular weight is 239 g/mol. The Labute approximate surface area is 101 Å². The minimum absolute atomic E-state index is 0.0957. The molecule has 94 valence electrons. The molecule has 0 spiro atoms. The van der Waals surface area contributed by atoms with E-state index in [9.17, 15) is 4.39 Å². The summed E-state index contributed by atoms with van der Waals surface area (Å²) in [4.78, 5) is 0. The van der Waals surface area contributed by atoms with E-state index >= 15 is 0 Å². The lowest BCUT2D eigenvalue weighted by Crippen LogP contribution is -2.05. The molecule has 0 aliphatic heterocycles. The zero-order valence-electron chi connectivity index (χ0n) is 10.2. The van der Waals surface area contributed by atoms with E-state index in [1.165, 1.54) is 6.08 Å². The highest BCUT2D eigenvalue weighted by Gasteiger charge is 2.00. The second kappa shape index (κ2) is 6.91. The lowest BCUT2D eigenvalue weighted by atomic mass is 10.3. The molecule has 4 heteroatoms. The molecule has 0 aromatic heterocycles. The summed E-state index contributed by atoms with van der Waals surface area (Å²) in [7, 11) is 0. The van der Waals surface area contributed by atoms with Gasteiger partial charge in [0.2, 0.25) is 0 Å². The van der Waals surface area contributed by atoms with Gasteiger partial charge in [-0.25, -0.2) is 4.39 Å². The van der Waals surface area contributed by atoms with Crippen molar-refractivity contribution in [1.82, 2.24) is 0 Å². The van der Waals surface area contributed by atoms with Crippen LogP contribution >= 0.6 is 0 Å². The van der Waals surface area contributed by atoms with Crippen LogP contribution in [0.2, 0.25) is 0 Å². The molecule has 1 aromatic carbocycles. The molecule has 2 N–H and O–H groups in total. The summed E-state index contributed by atoms with van der Waals surface area (Å²) >= 11 is 0. The maximum Gasteiger partial charge on any atom is 0.139 e. The van der Waals surface area contributed by atoms with Crippen molar-refractivity contribution in [2.24, 2.45) is 5.73 Å². The van der Waals surface area contributed by atoms with Crippen molar-refractivity contribution in [3.63, 3.8) is 0 Å². The van der Waals surface area contributed by atoms with Crippen molar-refractivity contribution >= 4 is 0 Å². The highest BCUT2D eigenvalue weighted by atomic mass is 19.1. The van der Waals surface area contributed by atoms with Crippen LogP contribution in [0.3, 0.4) is 0 Å². The van der Waals surface area contributed by atoms with Crippen LogP contribution in [-0.2, 0) is 0 Å². The van der Waals surface area contributed by atoms with Gasteiger partial charge in [0.1, 0.15) is 23.9 Å². The quantitative estimate of drug-likeness (QED) is 0.830. The van der Waals surface area contributed by atoms with E-state index in [1.54, 1.807) is 24.3 Å². The number of nitrogens with two attached hydrogens (primary N) is 1.